The molecule has 470 valence electrons. The number of rotatable bonds is 22. The van der Waals surface area contributed by atoms with Gasteiger partial charge in [0.25, 0.3) is 0 Å². The second-order valence-electron chi connectivity index (χ2n) is 24.2. The van der Waals surface area contributed by atoms with Gasteiger partial charge in [-0.25, -0.2) is 0 Å². The maximum atomic E-state index is 2.35. The van der Waals surface area contributed by atoms with Crippen LogP contribution in [0.3, 0.4) is 0 Å². The summed E-state index contributed by atoms with van der Waals surface area (Å²) in [5.74, 6) is 0.290. The van der Waals surface area contributed by atoms with Crippen LogP contribution >= 0.6 is 0 Å². The lowest BCUT2D eigenvalue weighted by Gasteiger charge is -2.27. The minimum Gasteiger partial charge on any atom is -0.311 e. The Morgan fingerprint density at radius 1 is 0.245 bits per heavy atom. The molecule has 12 aromatic rings. The minimum absolute atomic E-state index is 0.290. The summed E-state index contributed by atoms with van der Waals surface area (Å²) < 4.78 is 0. The van der Waals surface area contributed by atoms with Crippen LogP contribution in [0.15, 0.2) is 382 Å². The zero-order valence-corrected chi connectivity index (χ0v) is 55.0. The SMILES string of the molecule is CC1C=CC=CC(N(c2ccc(C=Cc3ccc(C=CC=C(c4ccccc4)c4ccccc4)cc3)cc2)c2ccc(C=Cc3ccc(C=Cc4ccc(N(c5ccccc5)c5ccc(C=Cc6ccc(C=CC=C(c7ccccc7)c7ccccc7)cc6)cc5)cc4)cc3)cc2)=C1. The molecule has 13 rings (SSSR count). The molecule has 0 fully saturated rings. The molecule has 0 N–H and O–H groups in total. The molecule has 12 aromatic carbocycles. The zero-order chi connectivity index (χ0) is 66.3. The molecule has 2 nitrogen and oxygen atoms in total. The van der Waals surface area contributed by atoms with E-state index in [1.165, 1.54) is 33.4 Å². The van der Waals surface area contributed by atoms with Crippen LogP contribution < -0.4 is 9.80 Å². The highest BCUT2D eigenvalue weighted by Gasteiger charge is 2.16. The summed E-state index contributed by atoms with van der Waals surface area (Å²) in [6.45, 7) is 2.23. The number of para-hydroxylation sites is 1. The molecule has 0 radical (unpaired) electrons. The van der Waals surface area contributed by atoms with Crippen LogP contribution in [-0.2, 0) is 0 Å². The molecule has 1 atom stereocenters. The van der Waals surface area contributed by atoms with Crippen LogP contribution in [0.1, 0.15) is 84.8 Å². The van der Waals surface area contributed by atoms with Gasteiger partial charge in [-0.15, -0.1) is 0 Å². The Morgan fingerprint density at radius 2 is 0.480 bits per heavy atom. The summed E-state index contributed by atoms with van der Waals surface area (Å²) in [6, 6.07) is 114. The van der Waals surface area contributed by atoms with Gasteiger partial charge in [0, 0.05) is 34.1 Å². The van der Waals surface area contributed by atoms with E-state index in [0.29, 0.717) is 0 Å². The smallest absolute Gasteiger partial charge is 0.0462 e. The molecule has 0 spiro atoms. The molecule has 0 aliphatic heterocycles. The van der Waals surface area contributed by atoms with Crippen LogP contribution in [0, 0.1) is 5.92 Å². The van der Waals surface area contributed by atoms with Crippen molar-refractivity contribution in [1.82, 2.24) is 0 Å². The molecule has 0 saturated heterocycles. The standard InChI is InChI=1S/C96H76N2/c1-74-21-17-18-34-94(73-74)98(92-69-61-83(62-70-92)54-50-78-43-39-76(40-44-78)23-20-36-96(87-28-11-4-12-29-87)88-30-13-5-14-31-88)93-71-63-84(64-72-93)56-52-80-47-45-79(46-48-80)51-55-82-59-67-91(68-60-82)97(89-32-15-6-16-33-89)90-65-57-81(58-66-90)53-49-77-41-37-75(38-42-77)22-19-35-95(85-24-7-2-8-25-85)86-26-9-3-10-27-86/h2-74H,1H3. The number of hydrogen-bond donors (Lipinski definition) is 0. The van der Waals surface area contributed by atoms with Gasteiger partial charge in [0.15, 0.2) is 0 Å². The molecule has 2 heteroatoms. The zero-order valence-electron chi connectivity index (χ0n) is 55.0. The lowest BCUT2D eigenvalue weighted by molar-refractivity contribution is 0.926. The molecule has 98 heavy (non-hydrogen) atoms. The van der Waals surface area contributed by atoms with Crippen molar-refractivity contribution >= 4 is 100 Å². The summed E-state index contributed by atoms with van der Waals surface area (Å²) in [4.78, 5) is 4.65. The summed E-state index contributed by atoms with van der Waals surface area (Å²) in [5.41, 5.74) is 25.2. The fourth-order valence-electron chi connectivity index (χ4n) is 12.0. The maximum Gasteiger partial charge on any atom is 0.0462 e. The second kappa shape index (κ2) is 32.5. The van der Waals surface area contributed by atoms with Gasteiger partial charge < -0.3 is 9.80 Å². The van der Waals surface area contributed by atoms with Crippen molar-refractivity contribution in [2.24, 2.45) is 5.92 Å². The first-order chi connectivity index (χ1) is 48.5. The van der Waals surface area contributed by atoms with Crippen LogP contribution in [0.5, 0.6) is 0 Å². The highest BCUT2D eigenvalue weighted by molar-refractivity contribution is 5.85. The van der Waals surface area contributed by atoms with Crippen molar-refractivity contribution in [3.63, 3.8) is 0 Å². The van der Waals surface area contributed by atoms with Gasteiger partial charge in [-0.1, -0.05) is 377 Å². The first kappa shape index (κ1) is 64.1. The second-order valence-corrected chi connectivity index (χ2v) is 24.2. The predicted octanol–water partition coefficient (Wildman–Crippen LogP) is 25.9. The average molecular weight is 1260 g/mol. The lowest BCUT2D eigenvalue weighted by atomic mass is 9.97. The minimum atomic E-state index is 0.290. The number of allylic oxidation sites excluding steroid dienone is 9. The maximum absolute atomic E-state index is 2.35. The van der Waals surface area contributed by atoms with Gasteiger partial charge >= 0.3 is 0 Å². The molecule has 0 bridgehead atoms. The van der Waals surface area contributed by atoms with Gasteiger partial charge in [-0.3, -0.25) is 0 Å². The largest absolute Gasteiger partial charge is 0.311 e. The Labute approximate surface area is 579 Å². The molecular weight excluding hydrogens is 1180 g/mol. The van der Waals surface area contributed by atoms with E-state index in [0.717, 1.165) is 89.8 Å². The molecule has 1 aliphatic carbocycles. The number of nitrogens with zero attached hydrogens (tertiary/aromatic N) is 2. The predicted molar refractivity (Wildman–Crippen MR) is 425 cm³/mol. The van der Waals surface area contributed by atoms with Gasteiger partial charge in [0.1, 0.15) is 0 Å². The average Bonchev–Trinajstić information content (AvgIpc) is 1.14. The number of anilines is 5. The highest BCUT2D eigenvalue weighted by atomic mass is 15.1. The van der Waals surface area contributed by atoms with Crippen molar-refractivity contribution < 1.29 is 0 Å². The van der Waals surface area contributed by atoms with Crippen molar-refractivity contribution in [3.05, 3.63) is 460 Å². The monoisotopic (exact) mass is 1260 g/mol. The Balaban J connectivity index is 0.619. The normalized spacial score (nSPS) is 13.0. The molecule has 1 aliphatic rings. The van der Waals surface area contributed by atoms with E-state index in [4.69, 9.17) is 0 Å². The van der Waals surface area contributed by atoms with Gasteiger partial charge in [0.2, 0.25) is 0 Å². The van der Waals surface area contributed by atoms with Crippen molar-refractivity contribution in [2.75, 3.05) is 9.80 Å². The van der Waals surface area contributed by atoms with Crippen molar-refractivity contribution in [2.45, 2.75) is 6.92 Å². The van der Waals surface area contributed by atoms with Crippen molar-refractivity contribution in [1.29, 1.82) is 0 Å². The summed E-state index contributed by atoms with van der Waals surface area (Å²) in [6.07, 6.45) is 41.5. The highest BCUT2D eigenvalue weighted by Crippen LogP contribution is 2.37. The van der Waals surface area contributed by atoms with E-state index in [1.54, 1.807) is 0 Å². The third kappa shape index (κ3) is 17.4. The topological polar surface area (TPSA) is 6.48 Å². The van der Waals surface area contributed by atoms with E-state index in [1.807, 2.05) is 0 Å². The molecular formula is C96H76N2. The quantitative estimate of drug-likeness (QED) is 0.0493. The molecule has 0 amide bonds. The van der Waals surface area contributed by atoms with E-state index in [2.05, 4.69) is 454 Å². The van der Waals surface area contributed by atoms with Gasteiger partial charge in [0.05, 0.1) is 0 Å². The Kier molecular flexibility index (Phi) is 21.3. The van der Waals surface area contributed by atoms with E-state index in [9.17, 15) is 0 Å². The fourth-order valence-corrected chi connectivity index (χ4v) is 12.0. The van der Waals surface area contributed by atoms with Crippen LogP contribution in [-0.4, -0.2) is 0 Å². The number of benzene rings is 12. The van der Waals surface area contributed by atoms with Crippen LogP contribution in [0.2, 0.25) is 0 Å². The van der Waals surface area contributed by atoms with Crippen molar-refractivity contribution in [3.8, 4) is 0 Å². The molecule has 1 unspecified atom stereocenters. The summed E-state index contributed by atoms with van der Waals surface area (Å²) in [7, 11) is 0. The Hall–Kier alpha value is -12.6. The summed E-state index contributed by atoms with van der Waals surface area (Å²) in [5, 5.41) is 0. The van der Waals surface area contributed by atoms with E-state index >= 15 is 0 Å². The fraction of sp³-hybridized carbons (Fsp3) is 0.0208. The Morgan fingerprint density at radius 3 is 0.765 bits per heavy atom. The number of hydrogen-bond acceptors (Lipinski definition) is 2. The van der Waals surface area contributed by atoms with E-state index < -0.39 is 0 Å². The van der Waals surface area contributed by atoms with E-state index in [-0.39, 0.29) is 5.92 Å². The van der Waals surface area contributed by atoms with Gasteiger partial charge in [-0.2, -0.15) is 0 Å². The lowest BCUT2D eigenvalue weighted by Crippen LogP contribution is -2.15. The van der Waals surface area contributed by atoms with Gasteiger partial charge in [-0.05, 0) is 162 Å². The summed E-state index contributed by atoms with van der Waals surface area (Å²) >= 11 is 0. The third-order valence-corrected chi connectivity index (χ3v) is 17.2. The molecule has 0 saturated carbocycles. The van der Waals surface area contributed by atoms with Crippen LogP contribution in [0.4, 0.5) is 28.4 Å². The first-order valence-corrected chi connectivity index (χ1v) is 33.6. The Bertz CT molecular complexity index is 4810. The van der Waals surface area contributed by atoms with Crippen LogP contribution in [0.25, 0.3) is 71.9 Å². The molecule has 0 heterocycles. The first-order valence-electron chi connectivity index (χ1n) is 33.6. The molecule has 0 aromatic heterocycles. The third-order valence-electron chi connectivity index (χ3n) is 17.2.